The summed E-state index contributed by atoms with van der Waals surface area (Å²) in [5.74, 6) is -5.45. The summed E-state index contributed by atoms with van der Waals surface area (Å²) in [5.41, 5.74) is 0. The van der Waals surface area contributed by atoms with Gasteiger partial charge in [-0.05, 0) is 0 Å². The Balaban J connectivity index is 1.95. The Kier molecular flexibility index (Phi) is 3.42. The fourth-order valence-electron chi connectivity index (χ4n) is 5.34. The predicted molar refractivity (Wildman–Crippen MR) is 86.2 cm³/mol. The first kappa shape index (κ1) is 17.8. The number of carbonyl (C=O) groups is 1. The van der Waals surface area contributed by atoms with Crippen LogP contribution in [0.2, 0.25) is 0 Å². The van der Waals surface area contributed by atoms with Gasteiger partial charge in [0.25, 0.3) is 10.1 Å². The molecule has 11 heteroatoms. The van der Waals surface area contributed by atoms with Crippen molar-refractivity contribution in [1.29, 1.82) is 0 Å². The van der Waals surface area contributed by atoms with Crippen molar-refractivity contribution in [3.8, 4) is 0 Å². The van der Waals surface area contributed by atoms with Gasteiger partial charge >= 0.3 is 0 Å². The molecular formula is C13H16Br2O8S. The summed E-state index contributed by atoms with van der Waals surface area (Å²) >= 11 is 6.95. The van der Waals surface area contributed by atoms with E-state index in [1.807, 2.05) is 0 Å². The van der Waals surface area contributed by atoms with Crippen molar-refractivity contribution in [2.24, 2.45) is 11.8 Å². The largest absolute Gasteiger partial charge is 0.358 e. The molecule has 3 aliphatic carbocycles. The van der Waals surface area contributed by atoms with E-state index in [0.29, 0.717) is 0 Å². The molecule has 0 spiro atoms. The lowest BCUT2D eigenvalue weighted by Gasteiger charge is -2.40. The van der Waals surface area contributed by atoms with Crippen LogP contribution in [0.25, 0.3) is 0 Å². The lowest BCUT2D eigenvalue weighted by molar-refractivity contribution is -0.246. The second-order valence-corrected chi connectivity index (χ2v) is 10.8. The Morgan fingerprint density at radius 3 is 2.33 bits per heavy atom. The van der Waals surface area contributed by atoms with Crippen molar-refractivity contribution < 1.29 is 36.7 Å². The second-order valence-electron chi connectivity index (χ2n) is 6.70. The fraction of sp³-hybridized carbons (Fsp3) is 0.923. The van der Waals surface area contributed by atoms with Gasteiger partial charge in [-0.25, -0.2) is 0 Å². The maximum atomic E-state index is 13.1. The van der Waals surface area contributed by atoms with Gasteiger partial charge in [0.15, 0.2) is 4.32 Å². The predicted octanol–water partition coefficient (Wildman–Crippen LogP) is -0.0925. The number of hydrogen-bond donors (Lipinski definition) is 1. The van der Waals surface area contributed by atoms with E-state index in [-0.39, 0.29) is 6.42 Å². The SMILES string of the molecule is COC1(OC)C2(Br)C(=O)C3(O)O[C@@H]4C[C@@H](OS(C)(=O)=O)C2C4C31Br. The zero-order valence-corrected chi connectivity index (χ0v) is 17.0. The van der Waals surface area contributed by atoms with Gasteiger partial charge in [-0.3, -0.25) is 8.98 Å². The number of ether oxygens (including phenoxy) is 3. The molecule has 0 aromatic carbocycles. The van der Waals surface area contributed by atoms with Crippen LogP contribution in [-0.4, -0.2) is 72.2 Å². The van der Waals surface area contributed by atoms with E-state index >= 15 is 0 Å². The fourth-order valence-corrected chi connectivity index (χ4v) is 9.23. The van der Waals surface area contributed by atoms with Crippen molar-refractivity contribution in [3.63, 3.8) is 0 Å². The number of alkyl halides is 2. The van der Waals surface area contributed by atoms with E-state index in [1.54, 1.807) is 0 Å². The first-order valence-corrected chi connectivity index (χ1v) is 10.7. The van der Waals surface area contributed by atoms with Crippen molar-refractivity contribution in [1.82, 2.24) is 0 Å². The van der Waals surface area contributed by atoms with E-state index in [0.717, 1.165) is 6.26 Å². The Bertz CT molecular complexity index is 738. The topological polar surface area (TPSA) is 108 Å². The molecule has 0 aromatic rings. The van der Waals surface area contributed by atoms with Crippen molar-refractivity contribution >= 4 is 47.8 Å². The minimum absolute atomic E-state index is 0.238. The highest BCUT2D eigenvalue weighted by Gasteiger charge is 2.99. The molecule has 7 atom stereocenters. The molecule has 0 aromatic heterocycles. The molecule has 4 aliphatic rings. The molecule has 0 radical (unpaired) electrons. The number of ketones is 1. The average Bonchev–Trinajstić information content (AvgIpc) is 2.99. The molecular weight excluding hydrogens is 476 g/mol. The van der Waals surface area contributed by atoms with Gasteiger partial charge in [0, 0.05) is 32.5 Å². The maximum absolute atomic E-state index is 13.1. The first-order valence-electron chi connectivity index (χ1n) is 7.26. The average molecular weight is 492 g/mol. The smallest absolute Gasteiger partial charge is 0.264 e. The van der Waals surface area contributed by atoms with Crippen LogP contribution in [0, 0.1) is 11.8 Å². The standard InChI is InChI=1S/C13H16Br2O8S/c1-20-13(21-2)10(14)7-6(23-24(3,18)19)4-5-8(7)11(13,15)12(17,22-5)9(10)16/h5-8,17H,4H2,1-3H3/t5-,6-,7?,8?,10?,11?,12?/m1/s1. The van der Waals surface area contributed by atoms with Gasteiger partial charge in [-0.15, -0.1) is 0 Å². The van der Waals surface area contributed by atoms with E-state index in [1.165, 1.54) is 14.2 Å². The highest BCUT2D eigenvalue weighted by Crippen LogP contribution is 2.80. The van der Waals surface area contributed by atoms with Gasteiger partial charge in [-0.1, -0.05) is 31.9 Å². The Hall–Kier alpha value is 0.380. The summed E-state index contributed by atoms with van der Waals surface area (Å²) in [6.07, 6.45) is -0.172. The van der Waals surface area contributed by atoms with Crippen molar-refractivity contribution in [2.45, 2.75) is 38.9 Å². The summed E-state index contributed by atoms with van der Waals surface area (Å²) in [6.45, 7) is 0. The second kappa shape index (κ2) is 4.61. The molecule has 1 heterocycles. The molecule has 4 rings (SSSR count). The summed E-state index contributed by atoms with van der Waals surface area (Å²) in [4.78, 5) is 13.1. The molecule has 1 N–H and O–H groups in total. The number of fused-ring (bicyclic) bond motifs is 2. The van der Waals surface area contributed by atoms with Crippen molar-refractivity contribution in [2.75, 3.05) is 20.5 Å². The molecule has 5 unspecified atom stereocenters. The van der Waals surface area contributed by atoms with Gasteiger partial charge in [0.05, 0.1) is 18.5 Å². The third-order valence-electron chi connectivity index (χ3n) is 5.86. The summed E-state index contributed by atoms with van der Waals surface area (Å²) < 4.78 is 42.5. The Morgan fingerprint density at radius 2 is 1.83 bits per heavy atom. The zero-order valence-electron chi connectivity index (χ0n) is 13.0. The summed E-state index contributed by atoms with van der Waals surface area (Å²) in [5, 5.41) is 11.0. The Labute approximate surface area is 155 Å². The molecule has 8 nitrogen and oxygen atoms in total. The van der Waals surface area contributed by atoms with Crippen LogP contribution in [0.15, 0.2) is 0 Å². The van der Waals surface area contributed by atoms with Crippen LogP contribution in [0.3, 0.4) is 0 Å². The van der Waals surface area contributed by atoms with Crippen LogP contribution >= 0.6 is 31.9 Å². The normalized spacial score (nSPS) is 54.0. The molecule has 2 bridgehead atoms. The van der Waals surface area contributed by atoms with E-state index in [2.05, 4.69) is 31.9 Å². The molecule has 3 saturated carbocycles. The van der Waals surface area contributed by atoms with Crippen LogP contribution in [0.4, 0.5) is 0 Å². The van der Waals surface area contributed by atoms with Crippen molar-refractivity contribution in [3.05, 3.63) is 0 Å². The zero-order chi connectivity index (χ0) is 17.9. The van der Waals surface area contributed by atoms with Crippen LogP contribution < -0.4 is 0 Å². The molecule has 0 amide bonds. The minimum Gasteiger partial charge on any atom is -0.358 e. The lowest BCUT2D eigenvalue weighted by Crippen LogP contribution is -2.59. The molecule has 4 fully saturated rings. The quantitative estimate of drug-likeness (QED) is 0.330. The third-order valence-corrected chi connectivity index (χ3v) is 9.45. The monoisotopic (exact) mass is 490 g/mol. The minimum atomic E-state index is -3.75. The number of rotatable bonds is 4. The lowest BCUT2D eigenvalue weighted by atomic mass is 9.78. The maximum Gasteiger partial charge on any atom is 0.264 e. The Morgan fingerprint density at radius 1 is 1.25 bits per heavy atom. The summed E-state index contributed by atoms with van der Waals surface area (Å²) in [6, 6.07) is 0. The van der Waals surface area contributed by atoms with Gasteiger partial charge < -0.3 is 19.3 Å². The number of carbonyl (C=O) groups excluding carboxylic acids is 1. The molecule has 1 saturated heterocycles. The van der Waals surface area contributed by atoms with Crippen LogP contribution in [0.5, 0.6) is 0 Å². The van der Waals surface area contributed by atoms with Gasteiger partial charge in [0.1, 0.15) is 4.32 Å². The number of halogens is 2. The highest BCUT2D eigenvalue weighted by molar-refractivity contribution is 9.11. The van der Waals surface area contributed by atoms with Gasteiger partial charge in [0.2, 0.25) is 17.4 Å². The number of Topliss-reactive ketones (excluding diaryl/α,β-unsaturated/α-hetero) is 1. The van der Waals surface area contributed by atoms with E-state index in [9.17, 15) is 18.3 Å². The highest BCUT2D eigenvalue weighted by atomic mass is 79.9. The van der Waals surface area contributed by atoms with Gasteiger partial charge in [-0.2, -0.15) is 8.42 Å². The number of hydrogen-bond acceptors (Lipinski definition) is 8. The summed E-state index contributed by atoms with van der Waals surface area (Å²) in [7, 11) is -1.02. The first-order chi connectivity index (χ1) is 10.9. The number of methoxy groups -OCH3 is 2. The third kappa shape index (κ3) is 1.47. The van der Waals surface area contributed by atoms with Crippen LogP contribution in [-0.2, 0) is 33.3 Å². The van der Waals surface area contributed by atoms with E-state index in [4.69, 9.17) is 18.4 Å². The van der Waals surface area contributed by atoms with Crippen LogP contribution in [0.1, 0.15) is 6.42 Å². The molecule has 24 heavy (non-hydrogen) atoms. The molecule has 1 aliphatic heterocycles. The van der Waals surface area contributed by atoms with E-state index < -0.39 is 60.2 Å². The number of aliphatic hydroxyl groups is 1. The molecule has 136 valence electrons.